The van der Waals surface area contributed by atoms with Gasteiger partial charge in [-0.15, -0.1) is 0 Å². The summed E-state index contributed by atoms with van der Waals surface area (Å²) in [4.78, 5) is 24.7. The lowest BCUT2D eigenvalue weighted by molar-refractivity contribution is 0.0524. The fourth-order valence-corrected chi connectivity index (χ4v) is 2.31. The second-order valence-corrected chi connectivity index (χ2v) is 5.15. The van der Waals surface area contributed by atoms with Crippen molar-refractivity contribution in [2.75, 3.05) is 32.3 Å². The van der Waals surface area contributed by atoms with E-state index < -0.39 is 5.97 Å². The summed E-state index contributed by atoms with van der Waals surface area (Å²) >= 11 is 0. The number of ether oxygens (including phenoxy) is 1. The molecule has 6 heteroatoms. The van der Waals surface area contributed by atoms with Crippen LogP contribution >= 0.6 is 0 Å². The van der Waals surface area contributed by atoms with Crippen LogP contribution in [-0.2, 0) is 4.74 Å². The van der Waals surface area contributed by atoms with Crippen LogP contribution < -0.4 is 10.4 Å². The second kappa shape index (κ2) is 7.11. The number of fused-ring (bicyclic) bond motifs is 1. The van der Waals surface area contributed by atoms with Crippen LogP contribution in [0.5, 0.6) is 0 Å². The summed E-state index contributed by atoms with van der Waals surface area (Å²) in [6.07, 6.45) is 4.79. The Kier molecular flexibility index (Phi) is 5.18. The summed E-state index contributed by atoms with van der Waals surface area (Å²) in [5.41, 5.74) is 1.09. The largest absolute Gasteiger partial charge is 0.462 e. The molecule has 1 N–H and O–H groups in total. The molecule has 6 nitrogen and oxygen atoms in total. The van der Waals surface area contributed by atoms with Gasteiger partial charge in [-0.2, -0.15) is 0 Å². The molecule has 0 amide bonds. The van der Waals surface area contributed by atoms with E-state index in [9.17, 15) is 9.59 Å². The molecule has 2 rings (SSSR count). The van der Waals surface area contributed by atoms with Crippen molar-refractivity contribution in [2.24, 2.45) is 0 Å². The summed E-state index contributed by atoms with van der Waals surface area (Å²) in [6.45, 7) is 1.82. The molecular formula is C17H20N2O4. The Morgan fingerprint density at radius 1 is 1.39 bits per heavy atom. The number of carbonyl (C=O) groups is 1. The van der Waals surface area contributed by atoms with Crippen LogP contribution in [0.1, 0.15) is 22.8 Å². The second-order valence-electron chi connectivity index (χ2n) is 5.15. The standard InChI is InChI=1S/C17H20N2O4/c1-4-23-17(22)14-11-19(18(2)3)15-8-7-12(6-5-9-20)10-13(15)16(14)21/h5-8,10-11,20H,4,9H2,1-3H3/b6-5-. The fraction of sp³-hybridized carbons (Fsp3) is 0.294. The number of esters is 1. The monoisotopic (exact) mass is 316 g/mol. The minimum absolute atomic E-state index is 0.00339. The summed E-state index contributed by atoms with van der Waals surface area (Å²) in [5.74, 6) is -0.633. The molecule has 0 spiro atoms. The molecule has 1 heterocycles. The van der Waals surface area contributed by atoms with Gasteiger partial charge in [0.2, 0.25) is 5.43 Å². The van der Waals surface area contributed by atoms with E-state index in [0.717, 1.165) is 5.56 Å². The maximum atomic E-state index is 12.6. The lowest BCUT2D eigenvalue weighted by Gasteiger charge is -2.20. The van der Waals surface area contributed by atoms with Gasteiger partial charge in [-0.1, -0.05) is 18.2 Å². The van der Waals surface area contributed by atoms with Crippen LogP contribution in [0.4, 0.5) is 0 Å². The van der Waals surface area contributed by atoms with Crippen molar-refractivity contribution in [3.8, 4) is 0 Å². The first-order valence-electron chi connectivity index (χ1n) is 7.31. The van der Waals surface area contributed by atoms with E-state index in [-0.39, 0.29) is 24.2 Å². The summed E-state index contributed by atoms with van der Waals surface area (Å²) < 4.78 is 6.69. The van der Waals surface area contributed by atoms with E-state index in [1.807, 2.05) is 26.2 Å². The third-order valence-electron chi connectivity index (χ3n) is 3.35. The molecule has 0 fully saturated rings. The highest BCUT2D eigenvalue weighted by atomic mass is 16.5. The highest BCUT2D eigenvalue weighted by molar-refractivity contribution is 5.94. The van der Waals surface area contributed by atoms with Gasteiger partial charge in [-0.05, 0) is 24.6 Å². The molecule has 0 radical (unpaired) electrons. The Bertz CT molecular complexity index is 806. The third-order valence-corrected chi connectivity index (χ3v) is 3.35. The Hall–Kier alpha value is -2.60. The summed E-state index contributed by atoms with van der Waals surface area (Å²) in [7, 11) is 3.64. The van der Waals surface area contributed by atoms with E-state index in [2.05, 4.69) is 0 Å². The van der Waals surface area contributed by atoms with Gasteiger partial charge < -0.3 is 14.9 Å². The average Bonchev–Trinajstić information content (AvgIpc) is 2.53. The first-order valence-corrected chi connectivity index (χ1v) is 7.31. The van der Waals surface area contributed by atoms with Gasteiger partial charge >= 0.3 is 5.97 Å². The zero-order valence-electron chi connectivity index (χ0n) is 13.4. The van der Waals surface area contributed by atoms with Crippen LogP contribution in [-0.4, -0.2) is 43.1 Å². The molecular weight excluding hydrogens is 296 g/mol. The average molecular weight is 316 g/mol. The molecule has 0 aliphatic heterocycles. The number of nitrogens with zero attached hydrogens (tertiary/aromatic N) is 2. The smallest absolute Gasteiger partial charge is 0.343 e. The van der Waals surface area contributed by atoms with Gasteiger partial charge in [0.1, 0.15) is 5.56 Å². The van der Waals surface area contributed by atoms with Crippen molar-refractivity contribution in [3.05, 3.63) is 51.8 Å². The molecule has 0 aliphatic rings. The van der Waals surface area contributed by atoms with Crippen LogP contribution in [0.3, 0.4) is 0 Å². The van der Waals surface area contributed by atoms with E-state index in [1.165, 1.54) is 6.20 Å². The van der Waals surface area contributed by atoms with Gasteiger partial charge in [0.25, 0.3) is 0 Å². The minimum Gasteiger partial charge on any atom is -0.462 e. The van der Waals surface area contributed by atoms with Gasteiger partial charge in [-0.3, -0.25) is 9.47 Å². The predicted octanol–water partition coefficient (Wildman–Crippen LogP) is 1.38. The van der Waals surface area contributed by atoms with Crippen LogP contribution in [0.25, 0.3) is 17.0 Å². The lowest BCUT2D eigenvalue weighted by Crippen LogP contribution is -2.30. The van der Waals surface area contributed by atoms with Crippen molar-refractivity contribution in [3.63, 3.8) is 0 Å². The highest BCUT2D eigenvalue weighted by Gasteiger charge is 2.17. The Labute approximate surface area is 134 Å². The van der Waals surface area contributed by atoms with E-state index >= 15 is 0 Å². The minimum atomic E-state index is -0.633. The Morgan fingerprint density at radius 2 is 2.13 bits per heavy atom. The number of aromatic nitrogens is 1. The number of benzene rings is 1. The highest BCUT2D eigenvalue weighted by Crippen LogP contribution is 2.16. The van der Waals surface area contributed by atoms with Crippen molar-refractivity contribution >= 4 is 22.9 Å². The third kappa shape index (κ3) is 3.43. The van der Waals surface area contributed by atoms with Gasteiger partial charge in [0, 0.05) is 25.7 Å². The topological polar surface area (TPSA) is 71.8 Å². The maximum absolute atomic E-state index is 12.6. The maximum Gasteiger partial charge on any atom is 0.343 e. The quantitative estimate of drug-likeness (QED) is 0.844. The summed E-state index contributed by atoms with van der Waals surface area (Å²) in [6, 6.07) is 5.35. The Balaban J connectivity index is 2.74. The van der Waals surface area contributed by atoms with E-state index in [0.29, 0.717) is 10.9 Å². The van der Waals surface area contributed by atoms with Crippen LogP contribution in [0, 0.1) is 0 Å². The SMILES string of the molecule is CCOC(=O)c1cn(N(C)C)c2ccc(/C=C\CO)cc2c1=O. The molecule has 2 aromatic rings. The molecule has 0 saturated heterocycles. The molecule has 1 aromatic heterocycles. The van der Waals surface area contributed by atoms with Gasteiger partial charge in [-0.25, -0.2) is 4.79 Å². The van der Waals surface area contributed by atoms with Crippen molar-refractivity contribution in [2.45, 2.75) is 6.92 Å². The normalized spacial score (nSPS) is 11.1. The van der Waals surface area contributed by atoms with E-state index in [4.69, 9.17) is 9.84 Å². The Morgan fingerprint density at radius 3 is 2.74 bits per heavy atom. The number of rotatable bonds is 5. The first-order chi connectivity index (χ1) is 11.0. The molecule has 1 aromatic carbocycles. The zero-order valence-corrected chi connectivity index (χ0v) is 13.4. The molecule has 122 valence electrons. The summed E-state index contributed by atoms with van der Waals surface area (Å²) in [5, 5.41) is 11.1. The fourth-order valence-electron chi connectivity index (χ4n) is 2.31. The zero-order chi connectivity index (χ0) is 17.0. The van der Waals surface area contributed by atoms with Gasteiger partial charge in [0.05, 0.1) is 18.7 Å². The predicted molar refractivity (Wildman–Crippen MR) is 90.3 cm³/mol. The number of aliphatic hydroxyl groups is 1. The molecule has 0 bridgehead atoms. The number of hydrogen-bond donors (Lipinski definition) is 1. The van der Waals surface area contributed by atoms with Crippen LogP contribution in [0.2, 0.25) is 0 Å². The van der Waals surface area contributed by atoms with Crippen LogP contribution in [0.15, 0.2) is 35.3 Å². The van der Waals surface area contributed by atoms with Crippen molar-refractivity contribution in [1.82, 2.24) is 4.68 Å². The molecule has 0 unspecified atom stereocenters. The molecule has 0 aliphatic carbocycles. The first kappa shape index (κ1) is 16.8. The number of pyridine rings is 1. The van der Waals surface area contributed by atoms with Crippen molar-refractivity contribution in [1.29, 1.82) is 0 Å². The molecule has 0 saturated carbocycles. The lowest BCUT2D eigenvalue weighted by atomic mass is 10.1. The number of aliphatic hydroxyl groups excluding tert-OH is 1. The van der Waals surface area contributed by atoms with E-state index in [1.54, 1.807) is 34.8 Å². The molecule has 0 atom stereocenters. The van der Waals surface area contributed by atoms with Crippen molar-refractivity contribution < 1.29 is 14.6 Å². The number of carbonyl (C=O) groups excluding carboxylic acids is 1. The van der Waals surface area contributed by atoms with Gasteiger partial charge in [0.15, 0.2) is 0 Å². The number of hydrogen-bond acceptors (Lipinski definition) is 5. The molecule has 23 heavy (non-hydrogen) atoms.